The van der Waals surface area contributed by atoms with Gasteiger partial charge in [-0.2, -0.15) is 14.0 Å². The largest absolute Gasteiger partial charge is 0.182 e. The highest BCUT2D eigenvalue weighted by molar-refractivity contribution is 8.20. The lowest BCUT2D eigenvalue weighted by molar-refractivity contribution is -1.91. The molecule has 30 heavy (non-hydrogen) atoms. The second-order valence-electron chi connectivity index (χ2n) is 6.68. The molecule has 4 rings (SSSR count). The van der Waals surface area contributed by atoms with Crippen LogP contribution in [-0.4, -0.2) is 4.86 Å². The van der Waals surface area contributed by atoms with E-state index >= 15 is 0 Å². The Balaban J connectivity index is 2.05. The van der Waals surface area contributed by atoms with Gasteiger partial charge in [0.15, 0.2) is 0 Å². The standard InChI is InChI=1S/C24H19ClO4S/c1-18-22(19-11-5-2-6-12-19)17-23(20-13-7-3-8-14-20)30(29-25(26,27)28)24(18)21-15-9-4-10-16-21/h2-17H,1H3. The van der Waals surface area contributed by atoms with E-state index in [1.165, 1.54) is 0 Å². The Labute approximate surface area is 180 Å². The lowest BCUT2D eigenvalue weighted by Gasteiger charge is -2.25. The van der Waals surface area contributed by atoms with Crippen molar-refractivity contribution < 1.29 is 28.0 Å². The summed E-state index contributed by atoms with van der Waals surface area (Å²) in [5.74, 6) is 0. The van der Waals surface area contributed by atoms with Gasteiger partial charge >= 0.3 is 0 Å². The van der Waals surface area contributed by atoms with Crippen molar-refractivity contribution in [3.05, 3.63) is 119 Å². The lowest BCUT2D eigenvalue weighted by Crippen LogP contribution is -2.60. The Morgan fingerprint density at radius 1 is 0.667 bits per heavy atom. The Bertz CT molecular complexity index is 1130. The molecule has 1 heterocycles. The predicted octanol–water partition coefficient (Wildman–Crippen LogP) is 2.83. The maximum absolute atomic E-state index is 11.7. The molecule has 0 fully saturated rings. The van der Waals surface area contributed by atoms with Gasteiger partial charge < -0.3 is 0 Å². The molecule has 0 radical (unpaired) electrons. The van der Waals surface area contributed by atoms with Crippen LogP contribution in [0.1, 0.15) is 23.6 Å². The zero-order chi connectivity index (χ0) is 21.1. The van der Waals surface area contributed by atoms with Gasteiger partial charge in [-0.05, 0) is 40.8 Å². The van der Waals surface area contributed by atoms with Crippen LogP contribution >= 0.6 is 10.8 Å². The van der Waals surface area contributed by atoms with Crippen LogP contribution in [-0.2, 0) is 3.74 Å². The number of allylic oxidation sites excluding steroid dienone is 3. The topological polar surface area (TPSA) is 78.4 Å². The smallest absolute Gasteiger partial charge is 0.148 e. The molecule has 0 aromatic heterocycles. The van der Waals surface area contributed by atoms with Gasteiger partial charge in [0.1, 0.15) is 14.5 Å². The Morgan fingerprint density at radius 2 is 1.13 bits per heavy atom. The van der Waals surface area contributed by atoms with Gasteiger partial charge in [-0.15, -0.1) is 0 Å². The molecule has 1 unspecified atom stereocenters. The van der Waals surface area contributed by atoms with Crippen LogP contribution in [0.25, 0.3) is 10.5 Å². The molecular weight excluding hydrogens is 420 g/mol. The summed E-state index contributed by atoms with van der Waals surface area (Å²) in [7, 11) is -6.04. The zero-order valence-electron chi connectivity index (χ0n) is 16.2. The first-order valence-electron chi connectivity index (χ1n) is 9.25. The monoisotopic (exact) mass is 438 g/mol. The fourth-order valence-electron chi connectivity index (χ4n) is 3.43. The predicted molar refractivity (Wildman–Crippen MR) is 113 cm³/mol. The number of hydrogen-bond acceptors (Lipinski definition) is 4. The van der Waals surface area contributed by atoms with Crippen LogP contribution in [0.15, 0.2) is 103 Å². The van der Waals surface area contributed by atoms with E-state index in [0.29, 0.717) is 9.77 Å². The fourth-order valence-corrected chi connectivity index (χ4v) is 6.10. The average Bonchev–Trinajstić information content (AvgIpc) is 2.75. The summed E-state index contributed by atoms with van der Waals surface area (Å²) in [6.45, 7) is 1.93. The van der Waals surface area contributed by atoms with Crippen molar-refractivity contribution in [3.63, 3.8) is 0 Å². The fraction of sp³-hybridized carbons (Fsp3) is 0.0417. The molecule has 0 bridgehead atoms. The van der Waals surface area contributed by atoms with Crippen LogP contribution in [0.3, 0.4) is 0 Å². The normalized spacial score (nSPS) is 17.1. The summed E-state index contributed by atoms with van der Waals surface area (Å²) in [5, 5.41) is 0. The van der Waals surface area contributed by atoms with Crippen molar-refractivity contribution in [2.45, 2.75) is 6.92 Å². The average molecular weight is 439 g/mol. The van der Waals surface area contributed by atoms with E-state index in [4.69, 9.17) is 3.74 Å². The molecule has 3 aromatic carbocycles. The maximum Gasteiger partial charge on any atom is 0.148 e. The molecule has 1 aliphatic heterocycles. The van der Waals surface area contributed by atoms with Gasteiger partial charge in [-0.3, -0.25) is 0 Å². The summed E-state index contributed by atoms with van der Waals surface area (Å²) in [4.78, 5) is 1.33. The van der Waals surface area contributed by atoms with Crippen molar-refractivity contribution in [2.75, 3.05) is 0 Å². The molecule has 0 saturated carbocycles. The van der Waals surface area contributed by atoms with Gasteiger partial charge in [0.25, 0.3) is 0 Å². The lowest BCUT2D eigenvalue weighted by atomic mass is 9.94. The van der Waals surface area contributed by atoms with Crippen molar-refractivity contribution in [1.82, 2.24) is 0 Å². The molecule has 1 atom stereocenters. The molecule has 1 aliphatic rings. The molecule has 6 heteroatoms. The first-order chi connectivity index (χ1) is 14.4. The SMILES string of the molecule is CC1=C(c2ccccc2)S(O[Cl+3]([O-])([O-])[O-])=C(c2ccccc2)C=C1c1ccccc1. The van der Waals surface area contributed by atoms with E-state index in [-0.39, 0.29) is 0 Å². The van der Waals surface area contributed by atoms with Crippen molar-refractivity contribution >= 4 is 26.1 Å². The third kappa shape index (κ3) is 4.47. The summed E-state index contributed by atoms with van der Waals surface area (Å²) in [6, 6.07) is 28.7. The highest BCUT2D eigenvalue weighted by Gasteiger charge is 2.33. The second-order valence-corrected chi connectivity index (χ2v) is 9.33. The van der Waals surface area contributed by atoms with Crippen molar-refractivity contribution in [1.29, 1.82) is 0 Å². The minimum Gasteiger partial charge on any atom is -0.182 e. The summed E-state index contributed by atoms with van der Waals surface area (Å²) in [5.41, 5.74) is 4.44. The van der Waals surface area contributed by atoms with Crippen molar-refractivity contribution in [2.24, 2.45) is 0 Å². The number of rotatable bonds is 5. The van der Waals surface area contributed by atoms with Crippen LogP contribution in [0.2, 0.25) is 0 Å². The Kier molecular flexibility index (Phi) is 6.01. The number of benzene rings is 3. The van der Waals surface area contributed by atoms with Crippen LogP contribution in [0, 0.1) is 10.2 Å². The highest BCUT2D eigenvalue weighted by Crippen LogP contribution is 2.48. The molecule has 0 saturated heterocycles. The highest BCUT2D eigenvalue weighted by atomic mass is 35.7. The Hall–Kier alpha value is -2.51. The molecule has 0 spiro atoms. The van der Waals surface area contributed by atoms with E-state index in [0.717, 1.165) is 27.8 Å². The first kappa shape index (κ1) is 20.8. The van der Waals surface area contributed by atoms with E-state index in [1.54, 1.807) is 0 Å². The van der Waals surface area contributed by atoms with Crippen LogP contribution < -0.4 is 14.0 Å². The third-order valence-corrected chi connectivity index (χ3v) is 7.51. The summed E-state index contributed by atoms with van der Waals surface area (Å²) >= 11 is 0. The number of halogens is 1. The molecule has 0 N–H and O–H groups in total. The first-order valence-corrected chi connectivity index (χ1v) is 11.6. The number of hydrogen-bond donors (Lipinski definition) is 0. The molecule has 4 nitrogen and oxygen atoms in total. The minimum atomic E-state index is -4.63. The van der Waals surface area contributed by atoms with Crippen LogP contribution in [0.5, 0.6) is 0 Å². The maximum atomic E-state index is 11.7. The van der Waals surface area contributed by atoms with Crippen molar-refractivity contribution in [3.8, 4) is 0 Å². The van der Waals surface area contributed by atoms with E-state index < -0.39 is 21.0 Å². The quantitative estimate of drug-likeness (QED) is 0.574. The van der Waals surface area contributed by atoms with Gasteiger partial charge in [0, 0.05) is 0 Å². The molecule has 0 aliphatic carbocycles. The molecular formula is C24H19ClO4S. The second kappa shape index (κ2) is 8.70. The molecule has 3 aromatic rings. The van der Waals surface area contributed by atoms with Gasteiger partial charge in [0.2, 0.25) is 0 Å². The zero-order valence-corrected chi connectivity index (χ0v) is 17.7. The summed E-state index contributed by atoms with van der Waals surface area (Å²) < 4.78 is 40.1. The molecule has 0 amide bonds. The third-order valence-electron chi connectivity index (χ3n) is 4.72. The summed E-state index contributed by atoms with van der Waals surface area (Å²) in [6.07, 6.45) is 1.93. The van der Waals surface area contributed by atoms with E-state index in [1.807, 2.05) is 104 Å². The van der Waals surface area contributed by atoms with E-state index in [9.17, 15) is 14.0 Å². The Morgan fingerprint density at radius 3 is 1.63 bits per heavy atom. The van der Waals surface area contributed by atoms with Gasteiger partial charge in [0.05, 0.1) is 20.0 Å². The van der Waals surface area contributed by atoms with Gasteiger partial charge in [-0.25, -0.2) is 0 Å². The van der Waals surface area contributed by atoms with Gasteiger partial charge in [-0.1, -0.05) is 91.0 Å². The molecule has 152 valence electrons. The van der Waals surface area contributed by atoms with E-state index in [2.05, 4.69) is 0 Å². The minimum absolute atomic E-state index is 0.644. The van der Waals surface area contributed by atoms with Crippen LogP contribution in [0.4, 0.5) is 0 Å².